The van der Waals surface area contributed by atoms with E-state index in [1.165, 1.54) is 4.88 Å². The van der Waals surface area contributed by atoms with Crippen molar-refractivity contribution in [3.8, 4) is 0 Å². The number of thiophene rings is 1. The molecule has 0 bridgehead atoms. The van der Waals surface area contributed by atoms with Crippen molar-refractivity contribution in [1.29, 1.82) is 0 Å². The van der Waals surface area contributed by atoms with Crippen LogP contribution in [0.3, 0.4) is 0 Å². The fraction of sp³-hybridized carbons (Fsp3) is 0.615. The summed E-state index contributed by atoms with van der Waals surface area (Å²) in [4.78, 5) is 16.7. The third-order valence-corrected chi connectivity index (χ3v) is 4.08. The summed E-state index contributed by atoms with van der Waals surface area (Å²) in [5, 5.41) is 3.44. The third-order valence-electron chi connectivity index (χ3n) is 3.12. The summed E-state index contributed by atoms with van der Waals surface area (Å²) in [7, 11) is 0. The van der Waals surface area contributed by atoms with Crippen LogP contribution in [0.2, 0.25) is 0 Å². The van der Waals surface area contributed by atoms with Gasteiger partial charge in [0.15, 0.2) is 0 Å². The van der Waals surface area contributed by atoms with Crippen molar-refractivity contribution in [2.75, 3.05) is 13.1 Å². The summed E-state index contributed by atoms with van der Waals surface area (Å²) in [6.07, 6.45) is 0. The van der Waals surface area contributed by atoms with Crippen LogP contribution < -0.4 is 5.32 Å². The fourth-order valence-corrected chi connectivity index (χ4v) is 3.42. The van der Waals surface area contributed by atoms with E-state index in [0.717, 1.165) is 23.5 Å². The number of hydrogen-bond donors (Lipinski definition) is 1. The lowest BCUT2D eigenvalue weighted by Crippen LogP contribution is -2.55. The van der Waals surface area contributed by atoms with Gasteiger partial charge in [-0.3, -0.25) is 4.79 Å². The molecule has 0 radical (unpaired) electrons. The molecular formula is C13H20N2OS. The number of piperazine rings is 1. The Hall–Kier alpha value is -0.870. The number of nitrogens with one attached hydrogen (secondary N) is 1. The minimum absolute atomic E-state index is 0.187. The Morgan fingerprint density at radius 2 is 1.94 bits per heavy atom. The lowest BCUT2D eigenvalue weighted by Gasteiger charge is -2.36. The van der Waals surface area contributed by atoms with Crippen LogP contribution in [0.1, 0.15) is 34.0 Å². The number of hydrogen-bond acceptors (Lipinski definition) is 3. The minimum atomic E-state index is 0.187. The first-order valence-corrected chi connectivity index (χ1v) is 6.91. The average Bonchev–Trinajstić information content (AvgIpc) is 2.55. The Labute approximate surface area is 107 Å². The first-order valence-electron chi connectivity index (χ1n) is 6.09. The van der Waals surface area contributed by atoms with Crippen LogP contribution >= 0.6 is 11.3 Å². The largest absolute Gasteiger partial charge is 0.336 e. The molecule has 17 heavy (non-hydrogen) atoms. The van der Waals surface area contributed by atoms with Gasteiger partial charge in [0.05, 0.1) is 5.56 Å². The standard InChI is InChI=1S/C13H20N2OS/c1-8-6-15(7-9(2)14-8)13(16)12-5-10(3)17-11(12)4/h5,8-9,14H,6-7H2,1-4H3/t8-,9-/m1/s1. The van der Waals surface area contributed by atoms with E-state index in [1.807, 2.05) is 17.9 Å². The lowest BCUT2D eigenvalue weighted by molar-refractivity contribution is 0.0673. The second-order valence-corrected chi connectivity index (χ2v) is 6.47. The zero-order valence-corrected chi connectivity index (χ0v) is 11.7. The molecule has 2 heterocycles. The van der Waals surface area contributed by atoms with Crippen molar-refractivity contribution in [2.45, 2.75) is 39.8 Å². The molecule has 0 aromatic carbocycles. The van der Waals surface area contributed by atoms with Gasteiger partial charge >= 0.3 is 0 Å². The SMILES string of the molecule is Cc1cc(C(=O)N2C[C@@H](C)N[C@H](C)C2)c(C)s1. The van der Waals surface area contributed by atoms with Crippen LogP contribution in [-0.2, 0) is 0 Å². The molecule has 1 amide bonds. The maximum absolute atomic E-state index is 12.4. The van der Waals surface area contributed by atoms with Crippen molar-refractivity contribution in [2.24, 2.45) is 0 Å². The quantitative estimate of drug-likeness (QED) is 0.831. The average molecular weight is 252 g/mol. The van der Waals surface area contributed by atoms with Crippen molar-refractivity contribution in [1.82, 2.24) is 10.2 Å². The number of carbonyl (C=O) groups is 1. The molecule has 2 atom stereocenters. The Balaban J connectivity index is 2.17. The van der Waals surface area contributed by atoms with Crippen LogP contribution in [-0.4, -0.2) is 36.0 Å². The molecule has 1 fully saturated rings. The highest BCUT2D eigenvalue weighted by molar-refractivity contribution is 7.12. The van der Waals surface area contributed by atoms with Crippen LogP contribution in [0, 0.1) is 13.8 Å². The highest BCUT2D eigenvalue weighted by Crippen LogP contribution is 2.22. The summed E-state index contributed by atoms with van der Waals surface area (Å²) in [5.74, 6) is 0.187. The van der Waals surface area contributed by atoms with Gasteiger partial charge in [-0.25, -0.2) is 0 Å². The van der Waals surface area contributed by atoms with Gasteiger partial charge in [-0.2, -0.15) is 0 Å². The molecule has 0 aliphatic carbocycles. The molecule has 1 N–H and O–H groups in total. The van der Waals surface area contributed by atoms with E-state index < -0.39 is 0 Å². The molecule has 1 aliphatic rings. The first-order chi connectivity index (χ1) is 7.97. The van der Waals surface area contributed by atoms with E-state index in [2.05, 4.69) is 26.1 Å². The van der Waals surface area contributed by atoms with E-state index >= 15 is 0 Å². The molecule has 1 aromatic rings. The van der Waals surface area contributed by atoms with Crippen molar-refractivity contribution in [3.05, 3.63) is 21.4 Å². The van der Waals surface area contributed by atoms with Crippen molar-refractivity contribution in [3.63, 3.8) is 0 Å². The maximum Gasteiger partial charge on any atom is 0.255 e. The van der Waals surface area contributed by atoms with Crippen molar-refractivity contribution >= 4 is 17.2 Å². The summed E-state index contributed by atoms with van der Waals surface area (Å²) in [6, 6.07) is 2.77. The lowest BCUT2D eigenvalue weighted by atomic mass is 10.1. The first kappa shape index (κ1) is 12.6. The van der Waals surface area contributed by atoms with Crippen LogP contribution in [0.25, 0.3) is 0 Å². The smallest absolute Gasteiger partial charge is 0.255 e. The van der Waals surface area contributed by atoms with Gasteiger partial charge in [-0.05, 0) is 33.8 Å². The van der Waals surface area contributed by atoms with Gasteiger partial charge in [0.1, 0.15) is 0 Å². The molecule has 3 nitrogen and oxygen atoms in total. The molecular weight excluding hydrogens is 232 g/mol. The van der Waals surface area contributed by atoms with Gasteiger partial charge in [-0.1, -0.05) is 0 Å². The third kappa shape index (κ3) is 2.69. The topological polar surface area (TPSA) is 32.3 Å². The van der Waals surface area contributed by atoms with E-state index in [-0.39, 0.29) is 5.91 Å². The van der Waals surface area contributed by atoms with E-state index in [4.69, 9.17) is 0 Å². The summed E-state index contributed by atoms with van der Waals surface area (Å²) in [5.41, 5.74) is 0.883. The molecule has 1 aromatic heterocycles. The van der Waals surface area contributed by atoms with Crippen molar-refractivity contribution < 1.29 is 4.79 Å². The normalized spacial score (nSPS) is 25.1. The Morgan fingerprint density at radius 3 is 2.41 bits per heavy atom. The van der Waals surface area contributed by atoms with E-state index in [9.17, 15) is 4.79 Å². The Morgan fingerprint density at radius 1 is 1.35 bits per heavy atom. The Bertz CT molecular complexity index is 417. The highest BCUT2D eigenvalue weighted by Gasteiger charge is 2.26. The number of nitrogens with zero attached hydrogens (tertiary/aromatic N) is 1. The maximum atomic E-state index is 12.4. The van der Waals surface area contributed by atoms with Gasteiger partial charge < -0.3 is 10.2 Å². The fourth-order valence-electron chi connectivity index (χ4n) is 2.51. The highest BCUT2D eigenvalue weighted by atomic mass is 32.1. The predicted octanol–water partition coefficient (Wildman–Crippen LogP) is 2.19. The van der Waals surface area contributed by atoms with Gasteiger partial charge in [-0.15, -0.1) is 11.3 Å². The zero-order chi connectivity index (χ0) is 12.6. The monoisotopic (exact) mass is 252 g/mol. The molecule has 0 unspecified atom stereocenters. The number of amides is 1. The van der Waals surface area contributed by atoms with Gasteiger partial charge in [0.25, 0.3) is 5.91 Å². The Kier molecular flexibility index (Phi) is 3.54. The van der Waals surface area contributed by atoms with E-state index in [0.29, 0.717) is 12.1 Å². The molecule has 94 valence electrons. The summed E-state index contributed by atoms with van der Waals surface area (Å²) >= 11 is 1.70. The molecule has 1 saturated heterocycles. The molecule has 0 saturated carbocycles. The number of aryl methyl sites for hydroxylation is 2. The second kappa shape index (κ2) is 4.78. The van der Waals surface area contributed by atoms with Crippen LogP contribution in [0.5, 0.6) is 0 Å². The van der Waals surface area contributed by atoms with E-state index in [1.54, 1.807) is 11.3 Å². The molecule has 1 aliphatic heterocycles. The second-order valence-electron chi connectivity index (χ2n) is 5.01. The summed E-state index contributed by atoms with van der Waals surface area (Å²) in [6.45, 7) is 9.94. The number of carbonyl (C=O) groups excluding carboxylic acids is 1. The number of rotatable bonds is 1. The molecule has 2 rings (SSSR count). The van der Waals surface area contributed by atoms with Crippen LogP contribution in [0.15, 0.2) is 6.07 Å². The summed E-state index contributed by atoms with van der Waals surface area (Å²) < 4.78 is 0. The minimum Gasteiger partial charge on any atom is -0.336 e. The van der Waals surface area contributed by atoms with Gasteiger partial charge in [0.2, 0.25) is 0 Å². The van der Waals surface area contributed by atoms with Crippen LogP contribution in [0.4, 0.5) is 0 Å². The molecule has 0 spiro atoms. The predicted molar refractivity (Wildman–Crippen MR) is 71.8 cm³/mol. The van der Waals surface area contributed by atoms with Gasteiger partial charge in [0, 0.05) is 34.9 Å². The molecule has 4 heteroatoms. The zero-order valence-electron chi connectivity index (χ0n) is 10.9.